The molecule has 0 radical (unpaired) electrons. The molecule has 2 aromatic carbocycles. The minimum Gasteiger partial charge on any atom is -0.478 e. The van der Waals surface area contributed by atoms with Crippen LogP contribution in [0.3, 0.4) is 0 Å². The minimum absolute atomic E-state index is 0.124. The number of carboxylic acid groups (broad SMARTS) is 1. The molecular weight excluding hydrogens is 424 g/mol. The first-order valence-electron chi connectivity index (χ1n) is 11.9. The Hall–Kier alpha value is -3.90. The maximum Gasteiger partial charge on any atom is 0.336 e. The number of hydrogen-bond acceptors (Lipinski definition) is 5. The lowest BCUT2D eigenvalue weighted by molar-refractivity contribution is 0.0697. The number of allylic oxidation sites excluding steroid dienone is 1. The average molecular weight is 453 g/mol. The Morgan fingerprint density at radius 3 is 2.38 bits per heavy atom. The van der Waals surface area contributed by atoms with Gasteiger partial charge >= 0.3 is 5.97 Å². The van der Waals surface area contributed by atoms with E-state index in [0.717, 1.165) is 61.9 Å². The van der Waals surface area contributed by atoms with Crippen LogP contribution in [0.5, 0.6) is 0 Å². The van der Waals surface area contributed by atoms with Crippen molar-refractivity contribution in [2.24, 2.45) is 4.99 Å². The van der Waals surface area contributed by atoms with Gasteiger partial charge in [-0.15, -0.1) is 0 Å². The van der Waals surface area contributed by atoms with Crippen molar-refractivity contribution >= 4 is 11.8 Å². The zero-order valence-electron chi connectivity index (χ0n) is 19.4. The summed E-state index contributed by atoms with van der Waals surface area (Å²) in [5.41, 5.74) is 3.30. The van der Waals surface area contributed by atoms with Crippen LogP contribution in [-0.4, -0.2) is 27.4 Å². The highest BCUT2D eigenvalue weighted by Gasteiger charge is 2.49. The molecule has 0 atom stereocenters. The molecule has 1 heterocycles. The van der Waals surface area contributed by atoms with Crippen LogP contribution >= 0.6 is 0 Å². The van der Waals surface area contributed by atoms with E-state index in [0.29, 0.717) is 17.8 Å². The van der Waals surface area contributed by atoms with Gasteiger partial charge in [-0.25, -0.2) is 9.79 Å². The van der Waals surface area contributed by atoms with Crippen LogP contribution in [0.4, 0.5) is 0 Å². The molecule has 2 aromatic rings. The molecule has 1 N–H and O–H groups in total. The van der Waals surface area contributed by atoms with Gasteiger partial charge in [0.1, 0.15) is 18.0 Å². The first-order valence-corrected chi connectivity index (χ1v) is 11.9. The van der Waals surface area contributed by atoms with E-state index in [9.17, 15) is 20.4 Å². The van der Waals surface area contributed by atoms with E-state index in [1.54, 1.807) is 12.1 Å². The first kappa shape index (κ1) is 23.3. The lowest BCUT2D eigenvalue weighted by Gasteiger charge is -2.38. The summed E-state index contributed by atoms with van der Waals surface area (Å²) in [6, 6.07) is 19.2. The van der Waals surface area contributed by atoms with Crippen molar-refractivity contribution in [2.45, 2.75) is 64.0 Å². The summed E-state index contributed by atoms with van der Waals surface area (Å²) in [5.74, 6) is 0.0175. The van der Waals surface area contributed by atoms with Crippen LogP contribution in [0.2, 0.25) is 0 Å². The number of benzene rings is 2. The molecule has 4 rings (SSSR count). The number of aliphatic imine (C=N–C) groups is 1. The molecule has 1 aliphatic heterocycles. The number of nitriles is 2. The van der Waals surface area contributed by atoms with Gasteiger partial charge < -0.3 is 10.0 Å². The molecule has 6 nitrogen and oxygen atoms in total. The summed E-state index contributed by atoms with van der Waals surface area (Å²) in [6.45, 7) is 2.78. The topological polar surface area (TPSA) is 100 Å². The Morgan fingerprint density at radius 1 is 1.09 bits per heavy atom. The Kier molecular flexibility index (Phi) is 6.80. The summed E-state index contributed by atoms with van der Waals surface area (Å²) in [4.78, 5) is 18.8. The minimum atomic E-state index is -0.943. The third-order valence-electron chi connectivity index (χ3n) is 6.92. The maximum absolute atomic E-state index is 11.6. The first-order chi connectivity index (χ1) is 16.5. The number of rotatable bonds is 7. The largest absolute Gasteiger partial charge is 0.478 e. The van der Waals surface area contributed by atoms with Gasteiger partial charge in [-0.2, -0.15) is 10.5 Å². The van der Waals surface area contributed by atoms with E-state index in [-0.39, 0.29) is 11.1 Å². The number of amidine groups is 1. The van der Waals surface area contributed by atoms with Crippen LogP contribution in [0, 0.1) is 22.7 Å². The number of aromatic carboxylic acids is 1. The van der Waals surface area contributed by atoms with Crippen LogP contribution in [0.15, 0.2) is 64.8 Å². The van der Waals surface area contributed by atoms with Crippen LogP contribution in [0.25, 0.3) is 11.1 Å². The molecule has 2 aliphatic rings. The Morgan fingerprint density at radius 2 is 1.76 bits per heavy atom. The third kappa shape index (κ3) is 4.20. The fourth-order valence-electron chi connectivity index (χ4n) is 5.22. The fraction of sp³-hybridized carbons (Fsp3) is 0.357. The van der Waals surface area contributed by atoms with Crippen LogP contribution in [0.1, 0.15) is 67.8 Å². The van der Waals surface area contributed by atoms with Gasteiger partial charge in [-0.1, -0.05) is 68.7 Å². The number of unbranched alkanes of at least 4 members (excludes halogenated alkanes) is 1. The Labute approximate surface area is 200 Å². The highest BCUT2D eigenvalue weighted by molar-refractivity contribution is 5.96. The highest BCUT2D eigenvalue weighted by Crippen LogP contribution is 2.48. The monoisotopic (exact) mass is 452 g/mol. The number of carboxylic acids is 1. The summed E-state index contributed by atoms with van der Waals surface area (Å²) < 4.78 is 0. The van der Waals surface area contributed by atoms with Gasteiger partial charge in [0.25, 0.3) is 0 Å². The predicted octanol–water partition coefficient (Wildman–Crippen LogP) is 6.07. The van der Waals surface area contributed by atoms with Gasteiger partial charge in [0.05, 0.1) is 16.8 Å². The van der Waals surface area contributed by atoms with Gasteiger partial charge in [0.2, 0.25) is 0 Å². The lowest BCUT2D eigenvalue weighted by Crippen LogP contribution is -2.46. The molecular formula is C28H28N4O2. The SMILES string of the molecule is CCCCC1=NC(=C(C#N)C#N)C2(CCCC2)N1Cc1ccc(-c2ccccc2C(=O)O)cc1. The van der Waals surface area contributed by atoms with E-state index in [1.165, 1.54) is 0 Å². The second-order valence-electron chi connectivity index (χ2n) is 8.95. The molecule has 1 spiro atoms. The van der Waals surface area contributed by atoms with E-state index >= 15 is 0 Å². The van der Waals surface area contributed by atoms with E-state index in [1.807, 2.05) is 36.4 Å². The summed E-state index contributed by atoms with van der Waals surface area (Å²) in [6.07, 6.45) is 6.72. The zero-order chi connectivity index (χ0) is 24.1. The van der Waals surface area contributed by atoms with Crippen molar-refractivity contribution in [1.29, 1.82) is 10.5 Å². The molecule has 0 bridgehead atoms. The van der Waals surface area contributed by atoms with Crippen LogP contribution in [-0.2, 0) is 6.54 Å². The smallest absolute Gasteiger partial charge is 0.336 e. The molecule has 0 amide bonds. The molecule has 34 heavy (non-hydrogen) atoms. The third-order valence-corrected chi connectivity index (χ3v) is 6.92. The lowest BCUT2D eigenvalue weighted by atomic mass is 9.89. The Bertz CT molecular complexity index is 1210. The van der Waals surface area contributed by atoms with Gasteiger partial charge in [0, 0.05) is 13.0 Å². The van der Waals surface area contributed by atoms with Gasteiger partial charge in [-0.05, 0) is 42.0 Å². The molecule has 1 fully saturated rings. The average Bonchev–Trinajstić information content (AvgIpc) is 3.46. The quantitative estimate of drug-likeness (QED) is 0.514. The molecule has 0 saturated heterocycles. The number of carbonyl (C=O) groups is 1. The molecule has 172 valence electrons. The van der Waals surface area contributed by atoms with E-state index in [2.05, 4.69) is 24.0 Å². The molecule has 0 unspecified atom stereocenters. The van der Waals surface area contributed by atoms with Crippen molar-refractivity contribution in [3.63, 3.8) is 0 Å². The van der Waals surface area contributed by atoms with Crippen molar-refractivity contribution in [2.75, 3.05) is 0 Å². The second kappa shape index (κ2) is 9.93. The second-order valence-corrected chi connectivity index (χ2v) is 8.95. The van der Waals surface area contributed by atoms with E-state index < -0.39 is 11.5 Å². The number of nitrogens with zero attached hydrogens (tertiary/aromatic N) is 4. The molecule has 1 saturated carbocycles. The van der Waals surface area contributed by atoms with Gasteiger partial charge in [-0.3, -0.25) is 0 Å². The van der Waals surface area contributed by atoms with Crippen molar-refractivity contribution < 1.29 is 9.90 Å². The normalized spacial score (nSPS) is 16.3. The van der Waals surface area contributed by atoms with Crippen molar-refractivity contribution in [1.82, 2.24) is 4.90 Å². The van der Waals surface area contributed by atoms with E-state index in [4.69, 9.17) is 4.99 Å². The summed E-state index contributed by atoms with van der Waals surface area (Å²) >= 11 is 0. The Balaban J connectivity index is 1.69. The van der Waals surface area contributed by atoms with Crippen molar-refractivity contribution in [3.8, 4) is 23.3 Å². The zero-order valence-corrected chi connectivity index (χ0v) is 19.4. The fourth-order valence-corrected chi connectivity index (χ4v) is 5.22. The molecule has 0 aromatic heterocycles. The predicted molar refractivity (Wildman–Crippen MR) is 131 cm³/mol. The van der Waals surface area contributed by atoms with Crippen molar-refractivity contribution in [3.05, 3.63) is 70.9 Å². The van der Waals surface area contributed by atoms with Gasteiger partial charge in [0.15, 0.2) is 5.57 Å². The highest BCUT2D eigenvalue weighted by atomic mass is 16.4. The summed E-state index contributed by atoms with van der Waals surface area (Å²) in [7, 11) is 0. The molecule has 1 aliphatic carbocycles. The standard InChI is InChI=1S/C28H28N4O2/c1-2-3-10-25-31-26(22(17-29)18-30)28(15-6-7-16-28)32(25)19-20-11-13-21(14-12-20)23-8-4-5-9-24(23)27(33)34/h4-5,8-9,11-14H,2-3,6-7,10,15-16,19H2,1H3,(H,33,34). The molecule has 6 heteroatoms. The maximum atomic E-state index is 11.6. The number of hydrogen-bond donors (Lipinski definition) is 1. The van der Waals surface area contributed by atoms with Crippen LogP contribution < -0.4 is 0 Å². The summed E-state index contributed by atoms with van der Waals surface area (Å²) in [5, 5.41) is 28.7.